The predicted molar refractivity (Wildman–Crippen MR) is 141 cm³/mol. The van der Waals surface area contributed by atoms with Gasteiger partial charge in [0.1, 0.15) is 46.3 Å². The number of rotatable bonds is 20. The lowest BCUT2D eigenvalue weighted by molar-refractivity contribution is -0.127. The van der Waals surface area contributed by atoms with Crippen LogP contribution in [0, 0.1) is 0 Å². The minimum Gasteiger partial charge on any atom is -0.300 e. The van der Waals surface area contributed by atoms with Gasteiger partial charge in [0.25, 0.3) is 0 Å². The summed E-state index contributed by atoms with van der Waals surface area (Å²) in [6.07, 6.45) is 1.23. The van der Waals surface area contributed by atoms with Gasteiger partial charge in [0.15, 0.2) is 0 Å². The SMILES string of the molecule is CC(=O)CC(=O)CCc1cc(CCC(=O)CC(C)=O)c(CCC(=O)CC(C)=O)cc1CCC(=O)CC(C)=O. The van der Waals surface area contributed by atoms with Crippen LogP contribution in [0.1, 0.15) is 101 Å². The largest absolute Gasteiger partial charge is 0.300 e. The van der Waals surface area contributed by atoms with Gasteiger partial charge in [0.2, 0.25) is 0 Å². The first kappa shape index (κ1) is 32.6. The van der Waals surface area contributed by atoms with Crippen LogP contribution in [0.4, 0.5) is 0 Å². The van der Waals surface area contributed by atoms with Gasteiger partial charge in [-0.2, -0.15) is 0 Å². The Morgan fingerprint density at radius 2 is 0.579 bits per heavy atom. The van der Waals surface area contributed by atoms with Crippen LogP contribution in [0.3, 0.4) is 0 Å². The lowest BCUT2D eigenvalue weighted by Crippen LogP contribution is -2.12. The van der Waals surface area contributed by atoms with Crippen molar-refractivity contribution in [1.82, 2.24) is 0 Å². The van der Waals surface area contributed by atoms with E-state index < -0.39 is 0 Å². The number of ketones is 8. The van der Waals surface area contributed by atoms with Crippen LogP contribution in [0.5, 0.6) is 0 Å². The molecule has 0 aliphatic carbocycles. The zero-order chi connectivity index (χ0) is 28.8. The molecule has 0 spiro atoms. The summed E-state index contributed by atoms with van der Waals surface area (Å²) in [6, 6.07) is 3.75. The highest BCUT2D eigenvalue weighted by molar-refractivity contribution is 5.99. The van der Waals surface area contributed by atoms with E-state index in [0.717, 1.165) is 22.3 Å². The summed E-state index contributed by atoms with van der Waals surface area (Å²) in [5, 5.41) is 0. The predicted octanol–water partition coefficient (Wildman–Crippen LogP) is 3.61. The van der Waals surface area contributed by atoms with Crippen molar-refractivity contribution in [2.45, 2.75) is 105 Å². The summed E-state index contributed by atoms with van der Waals surface area (Å²) in [5.41, 5.74) is 3.19. The van der Waals surface area contributed by atoms with Crippen molar-refractivity contribution in [2.24, 2.45) is 0 Å². The number of Topliss-reactive ketones (excluding diaryl/α,β-unsaturated/α-hetero) is 8. The van der Waals surface area contributed by atoms with E-state index in [1.165, 1.54) is 27.7 Å². The van der Waals surface area contributed by atoms with Gasteiger partial charge in [-0.25, -0.2) is 0 Å². The van der Waals surface area contributed by atoms with Gasteiger partial charge in [0.05, 0.1) is 25.7 Å². The van der Waals surface area contributed by atoms with Crippen molar-refractivity contribution in [1.29, 1.82) is 0 Å². The highest BCUT2D eigenvalue weighted by atomic mass is 16.2. The lowest BCUT2D eigenvalue weighted by atomic mass is 9.87. The maximum Gasteiger partial charge on any atom is 0.140 e. The molecule has 1 rings (SSSR count). The lowest BCUT2D eigenvalue weighted by Gasteiger charge is -2.17. The zero-order valence-electron chi connectivity index (χ0n) is 22.9. The van der Waals surface area contributed by atoms with Crippen LogP contribution in [-0.2, 0) is 64.0 Å². The molecular weight excluding hydrogens is 488 g/mol. The van der Waals surface area contributed by atoms with E-state index in [1.54, 1.807) is 0 Å². The van der Waals surface area contributed by atoms with Gasteiger partial charge in [-0.1, -0.05) is 12.1 Å². The molecule has 0 aliphatic rings. The maximum absolute atomic E-state index is 12.2. The molecule has 0 saturated heterocycles. The summed E-state index contributed by atoms with van der Waals surface area (Å²) in [7, 11) is 0. The maximum atomic E-state index is 12.2. The zero-order valence-corrected chi connectivity index (χ0v) is 22.9. The molecule has 0 amide bonds. The number of benzene rings is 1. The van der Waals surface area contributed by atoms with E-state index in [4.69, 9.17) is 0 Å². The molecular formula is C30H38O8. The average Bonchev–Trinajstić information content (AvgIpc) is 2.77. The molecule has 0 aromatic heterocycles. The number of carbonyl (C=O) groups is 8. The quantitative estimate of drug-likeness (QED) is 0.235. The molecule has 8 heteroatoms. The Labute approximate surface area is 223 Å². The summed E-state index contributed by atoms with van der Waals surface area (Å²) >= 11 is 0. The number of aryl methyl sites for hydroxylation is 4. The van der Waals surface area contributed by atoms with Gasteiger partial charge in [0, 0.05) is 25.7 Å². The summed E-state index contributed by atoms with van der Waals surface area (Å²) in [5.74, 6) is -1.69. The second-order valence-electron chi connectivity index (χ2n) is 10.1. The van der Waals surface area contributed by atoms with Crippen molar-refractivity contribution in [3.8, 4) is 0 Å². The van der Waals surface area contributed by atoms with Gasteiger partial charge < -0.3 is 0 Å². The number of hydrogen-bond acceptors (Lipinski definition) is 8. The first-order chi connectivity index (χ1) is 17.8. The molecule has 1 aromatic rings. The average molecular weight is 527 g/mol. The Balaban J connectivity index is 3.32. The van der Waals surface area contributed by atoms with Crippen molar-refractivity contribution in [3.05, 3.63) is 34.4 Å². The Bertz CT molecular complexity index is 939. The summed E-state index contributed by atoms with van der Waals surface area (Å²) in [4.78, 5) is 94.1. The third-order valence-corrected chi connectivity index (χ3v) is 6.00. The Morgan fingerprint density at radius 1 is 0.395 bits per heavy atom. The molecule has 0 fully saturated rings. The van der Waals surface area contributed by atoms with Crippen LogP contribution >= 0.6 is 0 Å². The van der Waals surface area contributed by atoms with Crippen LogP contribution in [-0.4, -0.2) is 46.3 Å². The van der Waals surface area contributed by atoms with Crippen molar-refractivity contribution >= 4 is 46.3 Å². The molecule has 0 radical (unpaired) electrons. The standard InChI is InChI=1S/C30H38O8/c1-19(31)13-27(35)9-5-23-17-25(7-11-29(37)15-21(3)33)26(8-12-30(38)16-22(4)34)18-24(23)6-10-28(36)14-20(2)32/h17-18H,5-16H2,1-4H3. The normalized spacial score (nSPS) is 10.6. The molecule has 38 heavy (non-hydrogen) atoms. The Hall–Kier alpha value is -3.42. The van der Waals surface area contributed by atoms with Crippen molar-refractivity contribution in [3.63, 3.8) is 0 Å². The van der Waals surface area contributed by atoms with Crippen LogP contribution in [0.25, 0.3) is 0 Å². The topological polar surface area (TPSA) is 137 Å². The molecule has 0 N–H and O–H groups in total. The fraction of sp³-hybridized carbons (Fsp3) is 0.533. The molecule has 1 aromatic carbocycles. The Kier molecular flexibility index (Phi) is 14.1. The first-order valence-electron chi connectivity index (χ1n) is 12.9. The van der Waals surface area contributed by atoms with Gasteiger partial charge in [-0.3, -0.25) is 38.4 Å². The van der Waals surface area contributed by atoms with Crippen LogP contribution in [0.2, 0.25) is 0 Å². The monoisotopic (exact) mass is 526 g/mol. The molecule has 0 heterocycles. The minimum absolute atomic E-state index is 0.132. The fourth-order valence-corrected chi connectivity index (χ4v) is 4.28. The second-order valence-corrected chi connectivity index (χ2v) is 10.1. The number of carbonyl (C=O) groups excluding carboxylic acids is 8. The van der Waals surface area contributed by atoms with Crippen LogP contribution in [0.15, 0.2) is 12.1 Å². The third-order valence-electron chi connectivity index (χ3n) is 6.00. The molecule has 206 valence electrons. The molecule has 0 aliphatic heterocycles. The van der Waals surface area contributed by atoms with E-state index in [2.05, 4.69) is 0 Å². The summed E-state index contributed by atoms with van der Waals surface area (Å²) < 4.78 is 0. The molecule has 0 bridgehead atoms. The highest BCUT2D eigenvalue weighted by Crippen LogP contribution is 2.24. The Morgan fingerprint density at radius 3 is 0.737 bits per heavy atom. The molecule has 8 nitrogen and oxygen atoms in total. The fourth-order valence-electron chi connectivity index (χ4n) is 4.28. The first-order valence-corrected chi connectivity index (χ1v) is 12.9. The van der Waals surface area contributed by atoms with E-state index in [0.29, 0.717) is 25.7 Å². The van der Waals surface area contributed by atoms with Crippen molar-refractivity contribution in [2.75, 3.05) is 0 Å². The number of hydrogen-bond donors (Lipinski definition) is 0. The smallest absolute Gasteiger partial charge is 0.140 e. The molecule has 0 unspecified atom stereocenters. The van der Waals surface area contributed by atoms with Gasteiger partial charge in [-0.05, 0) is 75.6 Å². The summed E-state index contributed by atoms with van der Waals surface area (Å²) in [6.45, 7) is 5.40. The minimum atomic E-state index is -0.222. The van der Waals surface area contributed by atoms with E-state index in [-0.39, 0.29) is 97.6 Å². The highest BCUT2D eigenvalue weighted by Gasteiger charge is 2.17. The van der Waals surface area contributed by atoms with E-state index >= 15 is 0 Å². The second kappa shape index (κ2) is 16.4. The van der Waals surface area contributed by atoms with E-state index in [9.17, 15) is 38.4 Å². The third kappa shape index (κ3) is 13.8. The molecule has 0 saturated carbocycles. The van der Waals surface area contributed by atoms with Gasteiger partial charge in [-0.15, -0.1) is 0 Å². The van der Waals surface area contributed by atoms with Gasteiger partial charge >= 0.3 is 0 Å². The molecule has 0 atom stereocenters. The van der Waals surface area contributed by atoms with Crippen LogP contribution < -0.4 is 0 Å². The van der Waals surface area contributed by atoms with Crippen molar-refractivity contribution < 1.29 is 38.4 Å². The van der Waals surface area contributed by atoms with E-state index in [1.807, 2.05) is 12.1 Å².